The second kappa shape index (κ2) is 61.9. The summed E-state index contributed by atoms with van der Waals surface area (Å²) >= 11 is 0. The fourth-order valence-electron chi connectivity index (χ4n) is 9.45. The lowest BCUT2D eigenvalue weighted by atomic mass is 10.0. The quantitative estimate of drug-likeness (QED) is 0.0261. The molecule has 1 unspecified atom stereocenters. The van der Waals surface area contributed by atoms with E-state index < -0.39 is 6.10 Å². The summed E-state index contributed by atoms with van der Waals surface area (Å²) in [5.41, 5.74) is 0. The van der Waals surface area contributed by atoms with Gasteiger partial charge in [0.25, 0.3) is 0 Å². The lowest BCUT2D eigenvalue weighted by molar-refractivity contribution is -0.167. The molecule has 73 heavy (non-hydrogen) atoms. The van der Waals surface area contributed by atoms with Gasteiger partial charge in [0.05, 0.1) is 0 Å². The third kappa shape index (κ3) is 60.1. The smallest absolute Gasteiger partial charge is 0.306 e. The van der Waals surface area contributed by atoms with Crippen LogP contribution >= 0.6 is 0 Å². The number of esters is 3. The molecule has 0 aliphatic rings. The molecule has 0 aliphatic carbocycles. The minimum atomic E-state index is -0.785. The Morgan fingerprint density at radius 2 is 0.493 bits per heavy atom. The van der Waals surface area contributed by atoms with Crippen LogP contribution in [0.3, 0.4) is 0 Å². The van der Waals surface area contributed by atoms with Crippen molar-refractivity contribution in [3.8, 4) is 0 Å². The van der Waals surface area contributed by atoms with Gasteiger partial charge in [0, 0.05) is 19.3 Å². The van der Waals surface area contributed by atoms with Gasteiger partial charge in [0.2, 0.25) is 0 Å². The number of unbranched alkanes of at least 4 members (excludes halogenated alkanes) is 40. The molecule has 0 radical (unpaired) electrons. The summed E-state index contributed by atoms with van der Waals surface area (Å²) in [6.45, 7) is 6.61. The summed E-state index contributed by atoms with van der Waals surface area (Å²) in [5, 5.41) is 0. The van der Waals surface area contributed by atoms with Crippen LogP contribution in [0.5, 0.6) is 0 Å². The number of ether oxygens (including phenoxy) is 3. The largest absolute Gasteiger partial charge is 0.462 e. The first-order valence-corrected chi connectivity index (χ1v) is 32.1. The zero-order valence-electron chi connectivity index (χ0n) is 48.9. The molecule has 0 aromatic carbocycles. The third-order valence-electron chi connectivity index (χ3n) is 14.3. The highest BCUT2D eigenvalue weighted by atomic mass is 16.6. The molecular formula is C67H122O6. The van der Waals surface area contributed by atoms with Crippen molar-refractivity contribution in [3.05, 3.63) is 48.6 Å². The molecular weight excluding hydrogens is 901 g/mol. The third-order valence-corrected chi connectivity index (χ3v) is 14.3. The molecule has 0 fully saturated rings. The number of allylic oxidation sites excluding steroid dienone is 8. The molecule has 0 spiro atoms. The first-order chi connectivity index (χ1) is 36.0. The Balaban J connectivity index is 4.26. The van der Waals surface area contributed by atoms with Gasteiger partial charge >= 0.3 is 17.9 Å². The van der Waals surface area contributed by atoms with Crippen LogP contribution in [0.4, 0.5) is 0 Å². The summed E-state index contributed by atoms with van der Waals surface area (Å²) in [5.74, 6) is -0.890. The maximum atomic E-state index is 12.9. The summed E-state index contributed by atoms with van der Waals surface area (Å²) in [6.07, 6.45) is 76.9. The molecule has 6 nitrogen and oxygen atoms in total. The summed E-state index contributed by atoms with van der Waals surface area (Å²) in [4.78, 5) is 38.3. The Labute approximate surface area is 454 Å². The second-order valence-electron chi connectivity index (χ2n) is 21.7. The van der Waals surface area contributed by atoms with E-state index in [0.717, 1.165) is 103 Å². The highest BCUT2D eigenvalue weighted by Crippen LogP contribution is 2.17. The van der Waals surface area contributed by atoms with Gasteiger partial charge in [-0.15, -0.1) is 0 Å². The molecule has 0 bridgehead atoms. The van der Waals surface area contributed by atoms with Gasteiger partial charge in [0.1, 0.15) is 13.2 Å². The summed E-state index contributed by atoms with van der Waals surface area (Å²) in [7, 11) is 0. The predicted octanol–water partition coefficient (Wildman–Crippen LogP) is 21.8. The lowest BCUT2D eigenvalue weighted by Crippen LogP contribution is -2.30. The maximum Gasteiger partial charge on any atom is 0.306 e. The molecule has 0 saturated heterocycles. The molecule has 0 rings (SSSR count). The molecule has 6 heteroatoms. The van der Waals surface area contributed by atoms with Crippen molar-refractivity contribution in [2.45, 2.75) is 348 Å². The van der Waals surface area contributed by atoms with Crippen LogP contribution in [-0.4, -0.2) is 37.2 Å². The molecule has 1 atom stereocenters. The summed E-state index contributed by atoms with van der Waals surface area (Å²) in [6, 6.07) is 0. The van der Waals surface area contributed by atoms with Crippen LogP contribution in [0.1, 0.15) is 342 Å². The molecule has 0 aliphatic heterocycles. The maximum absolute atomic E-state index is 12.9. The molecule has 0 amide bonds. The number of carbonyl (C=O) groups is 3. The van der Waals surface area contributed by atoms with E-state index in [0.29, 0.717) is 19.3 Å². The SMILES string of the molecule is CCCCC/C=C\C/C=C\CCCCCCCC(=O)OCC(COC(=O)CCCCCCCCCCCCCCCCCCCCCCCCCCC)OC(=O)CCCCCCC/C=C\C/C=C\CCCCC. The highest BCUT2D eigenvalue weighted by molar-refractivity contribution is 5.71. The normalized spacial score (nSPS) is 12.3. The van der Waals surface area contributed by atoms with Crippen LogP contribution < -0.4 is 0 Å². The van der Waals surface area contributed by atoms with Crippen molar-refractivity contribution in [3.63, 3.8) is 0 Å². The standard InChI is InChI=1S/C67H122O6/c1-4-7-10-13-16-19-22-25-28-29-30-31-32-33-34-35-36-37-40-42-45-48-51-54-57-60-66(69)72-63-64(73-67(70)61-58-55-52-49-46-43-39-27-24-21-18-15-12-9-6-3)62-71-65(68)59-56-53-50-47-44-41-38-26-23-20-17-14-11-8-5-2/h17-18,20-21,26-27,38-39,64H,4-16,19,22-25,28-37,40-63H2,1-3H3/b20-17-,21-18-,38-26-,39-27-. The van der Waals surface area contributed by atoms with Crippen LogP contribution in [0, 0.1) is 0 Å². The number of hydrogen-bond acceptors (Lipinski definition) is 6. The van der Waals surface area contributed by atoms with Gasteiger partial charge in [-0.3, -0.25) is 14.4 Å². The number of carbonyl (C=O) groups excluding carboxylic acids is 3. The first kappa shape index (κ1) is 70.4. The minimum Gasteiger partial charge on any atom is -0.462 e. The Hall–Kier alpha value is -2.63. The monoisotopic (exact) mass is 1020 g/mol. The first-order valence-electron chi connectivity index (χ1n) is 32.1. The van der Waals surface area contributed by atoms with Crippen LogP contribution in [0.25, 0.3) is 0 Å². The van der Waals surface area contributed by atoms with E-state index in [4.69, 9.17) is 14.2 Å². The van der Waals surface area contributed by atoms with Crippen molar-refractivity contribution in [2.24, 2.45) is 0 Å². The zero-order chi connectivity index (χ0) is 52.9. The molecule has 0 aromatic heterocycles. The Morgan fingerprint density at radius 1 is 0.274 bits per heavy atom. The zero-order valence-corrected chi connectivity index (χ0v) is 48.9. The fourth-order valence-corrected chi connectivity index (χ4v) is 9.45. The van der Waals surface area contributed by atoms with E-state index in [1.54, 1.807) is 0 Å². The van der Waals surface area contributed by atoms with E-state index >= 15 is 0 Å². The molecule has 0 aromatic rings. The van der Waals surface area contributed by atoms with Gasteiger partial charge in [-0.25, -0.2) is 0 Å². The van der Waals surface area contributed by atoms with Crippen molar-refractivity contribution < 1.29 is 28.6 Å². The van der Waals surface area contributed by atoms with Crippen molar-refractivity contribution in [1.82, 2.24) is 0 Å². The van der Waals surface area contributed by atoms with E-state index in [1.165, 1.54) is 199 Å². The lowest BCUT2D eigenvalue weighted by Gasteiger charge is -2.18. The van der Waals surface area contributed by atoms with Gasteiger partial charge in [-0.2, -0.15) is 0 Å². The van der Waals surface area contributed by atoms with Gasteiger partial charge in [-0.05, 0) is 83.5 Å². The van der Waals surface area contributed by atoms with Crippen molar-refractivity contribution >= 4 is 17.9 Å². The highest BCUT2D eigenvalue weighted by Gasteiger charge is 2.19. The Morgan fingerprint density at radius 3 is 0.781 bits per heavy atom. The van der Waals surface area contributed by atoms with Crippen molar-refractivity contribution in [1.29, 1.82) is 0 Å². The molecule has 0 N–H and O–H groups in total. The summed E-state index contributed by atoms with van der Waals surface area (Å²) < 4.78 is 16.9. The van der Waals surface area contributed by atoms with Crippen LogP contribution in [0.15, 0.2) is 48.6 Å². The number of hydrogen-bond donors (Lipinski definition) is 0. The van der Waals surface area contributed by atoms with Gasteiger partial charge in [-0.1, -0.05) is 288 Å². The van der Waals surface area contributed by atoms with Gasteiger partial charge < -0.3 is 14.2 Å². The Bertz CT molecular complexity index is 1270. The van der Waals surface area contributed by atoms with E-state index in [-0.39, 0.29) is 31.1 Å². The van der Waals surface area contributed by atoms with E-state index in [2.05, 4.69) is 69.4 Å². The number of rotatable bonds is 59. The van der Waals surface area contributed by atoms with E-state index in [9.17, 15) is 14.4 Å². The van der Waals surface area contributed by atoms with E-state index in [1.807, 2.05) is 0 Å². The molecule has 0 heterocycles. The average molecular weight is 1020 g/mol. The minimum absolute atomic E-state index is 0.0802. The Kier molecular flexibility index (Phi) is 59.7. The fraction of sp³-hybridized carbons (Fsp3) is 0.836. The van der Waals surface area contributed by atoms with Crippen molar-refractivity contribution in [2.75, 3.05) is 13.2 Å². The second-order valence-corrected chi connectivity index (χ2v) is 21.7. The predicted molar refractivity (Wildman–Crippen MR) is 316 cm³/mol. The van der Waals surface area contributed by atoms with Gasteiger partial charge in [0.15, 0.2) is 6.10 Å². The average Bonchev–Trinajstić information content (AvgIpc) is 3.39. The topological polar surface area (TPSA) is 78.9 Å². The van der Waals surface area contributed by atoms with Crippen LogP contribution in [0.2, 0.25) is 0 Å². The molecule has 0 saturated carbocycles. The van der Waals surface area contributed by atoms with Crippen LogP contribution in [-0.2, 0) is 28.6 Å². The molecule has 426 valence electrons.